The van der Waals surface area contributed by atoms with Gasteiger partial charge in [-0.25, -0.2) is 0 Å². The second kappa shape index (κ2) is 15.2. The number of halogens is 5. The Morgan fingerprint density at radius 1 is 1.12 bits per heavy atom. The number of anilines is 1. The van der Waals surface area contributed by atoms with Crippen molar-refractivity contribution in [1.29, 1.82) is 0 Å². The Morgan fingerprint density at radius 2 is 1.86 bits per heavy atom. The lowest BCUT2D eigenvalue weighted by atomic mass is 10.0. The molecule has 1 fully saturated rings. The number of benzene rings is 2. The van der Waals surface area contributed by atoms with E-state index >= 15 is 0 Å². The molecule has 1 aliphatic rings. The molecule has 0 spiro atoms. The number of amides is 2. The lowest BCUT2D eigenvalue weighted by Gasteiger charge is -2.43. The van der Waals surface area contributed by atoms with Gasteiger partial charge in [-0.15, -0.1) is 0 Å². The van der Waals surface area contributed by atoms with E-state index in [0.29, 0.717) is 53.1 Å². The van der Waals surface area contributed by atoms with Crippen molar-refractivity contribution in [2.45, 2.75) is 51.1 Å². The summed E-state index contributed by atoms with van der Waals surface area (Å²) >= 11 is 12.4. The highest BCUT2D eigenvalue weighted by Gasteiger charge is 2.35. The monoisotopic (exact) mass is 631 g/mol. The first kappa shape index (κ1) is 33.9. The summed E-state index contributed by atoms with van der Waals surface area (Å²) in [5.74, 6) is -0.600. The van der Waals surface area contributed by atoms with Crippen molar-refractivity contribution in [2.24, 2.45) is 0 Å². The molecular weight excluding hydrogens is 594 g/mol. The number of hydrogen-bond donors (Lipinski definition) is 3. The van der Waals surface area contributed by atoms with Gasteiger partial charge in [0.25, 0.3) is 0 Å². The van der Waals surface area contributed by atoms with E-state index in [4.69, 9.17) is 27.9 Å². The van der Waals surface area contributed by atoms with Crippen LogP contribution >= 0.6 is 23.2 Å². The summed E-state index contributed by atoms with van der Waals surface area (Å²) < 4.78 is 45.7. The van der Waals surface area contributed by atoms with Gasteiger partial charge in [0.05, 0.1) is 18.7 Å². The van der Waals surface area contributed by atoms with Crippen LogP contribution < -0.4 is 20.9 Å². The molecule has 1 heterocycles. The minimum atomic E-state index is -4.47. The van der Waals surface area contributed by atoms with Crippen molar-refractivity contribution < 1.29 is 27.5 Å². The van der Waals surface area contributed by atoms with Gasteiger partial charge in [-0.2, -0.15) is 13.2 Å². The molecular formula is C29H38Cl2F3N5O3. The van der Waals surface area contributed by atoms with Gasteiger partial charge in [-0.1, -0.05) is 29.3 Å². The van der Waals surface area contributed by atoms with E-state index in [9.17, 15) is 22.8 Å². The van der Waals surface area contributed by atoms with E-state index in [1.54, 1.807) is 37.3 Å². The third-order valence-corrected chi connectivity index (χ3v) is 7.71. The van der Waals surface area contributed by atoms with Crippen molar-refractivity contribution >= 4 is 40.7 Å². The molecule has 3 rings (SSSR count). The summed E-state index contributed by atoms with van der Waals surface area (Å²) in [6.07, 6.45) is -4.30. The van der Waals surface area contributed by atoms with Crippen LogP contribution in [0.1, 0.15) is 30.5 Å². The molecule has 2 aromatic rings. The zero-order valence-electron chi connectivity index (χ0n) is 24.2. The first-order chi connectivity index (χ1) is 19.8. The topological polar surface area (TPSA) is 85.9 Å². The molecule has 2 amide bonds. The van der Waals surface area contributed by atoms with E-state index in [1.165, 1.54) is 12.1 Å². The van der Waals surface area contributed by atoms with E-state index in [2.05, 4.69) is 16.0 Å². The second-order valence-electron chi connectivity index (χ2n) is 10.5. The quantitative estimate of drug-likeness (QED) is 0.327. The molecule has 3 N–H and O–H groups in total. The number of methoxy groups -OCH3 is 1. The van der Waals surface area contributed by atoms with Crippen LogP contribution in [-0.2, 0) is 33.5 Å². The fraction of sp³-hybridized carbons (Fsp3) is 0.517. The molecule has 1 aliphatic heterocycles. The Hall–Kier alpha value is -2.57. The maximum atomic E-state index is 13.8. The summed E-state index contributed by atoms with van der Waals surface area (Å²) in [5.41, 5.74) is 1.13. The number of carbonyl (C=O) groups is 2. The average molecular weight is 633 g/mol. The summed E-state index contributed by atoms with van der Waals surface area (Å²) in [4.78, 5) is 30.0. The zero-order valence-corrected chi connectivity index (χ0v) is 25.7. The van der Waals surface area contributed by atoms with Crippen LogP contribution in [0.15, 0.2) is 36.4 Å². The average Bonchev–Trinajstić information content (AvgIpc) is 2.92. The molecule has 0 saturated carbocycles. The molecule has 0 bridgehead atoms. The highest BCUT2D eigenvalue weighted by molar-refractivity contribution is 6.35. The van der Waals surface area contributed by atoms with Crippen molar-refractivity contribution in [2.75, 3.05) is 51.8 Å². The maximum absolute atomic E-state index is 13.8. The zero-order chi connectivity index (χ0) is 31.0. The standard InChI is InChI=1S/C29H38Cl2F3N5O3/c1-18(17-42-4)36-14-21-11-22(29(32,33)34)6-8-26(21)38-9-10-39(19(2)16-38)28(41)25(37-27(40)15-35-3)12-20-5-7-23(30)13-24(20)31/h5-8,11,13,18-19,25,35-36H,9-10,12,14-17H2,1-4H3,(H,37,40). The Balaban J connectivity index is 1.80. The Bertz CT molecular complexity index is 1230. The third kappa shape index (κ3) is 9.21. The molecule has 42 heavy (non-hydrogen) atoms. The number of piperazine rings is 1. The van der Waals surface area contributed by atoms with Gasteiger partial charge in [0.1, 0.15) is 6.04 Å². The Kier molecular flexibility index (Phi) is 12.3. The number of rotatable bonds is 12. The molecule has 3 unspecified atom stereocenters. The largest absolute Gasteiger partial charge is 0.416 e. The van der Waals surface area contributed by atoms with Gasteiger partial charge < -0.3 is 30.5 Å². The number of likely N-dealkylation sites (N-methyl/N-ethyl adjacent to an activating group) is 1. The first-order valence-corrected chi connectivity index (χ1v) is 14.4. The van der Waals surface area contributed by atoms with E-state index < -0.39 is 17.8 Å². The molecule has 13 heteroatoms. The fourth-order valence-electron chi connectivity index (χ4n) is 5.02. The second-order valence-corrected chi connectivity index (χ2v) is 11.3. The summed E-state index contributed by atoms with van der Waals surface area (Å²) in [6, 6.07) is 7.53. The molecule has 0 aliphatic carbocycles. The van der Waals surface area contributed by atoms with Gasteiger partial charge in [-0.3, -0.25) is 9.59 Å². The number of ether oxygens (including phenoxy) is 1. The van der Waals surface area contributed by atoms with Crippen LogP contribution in [0.5, 0.6) is 0 Å². The smallest absolute Gasteiger partial charge is 0.383 e. The highest BCUT2D eigenvalue weighted by atomic mass is 35.5. The van der Waals surface area contributed by atoms with E-state index in [-0.39, 0.29) is 43.4 Å². The Morgan fingerprint density at radius 3 is 2.48 bits per heavy atom. The molecule has 1 saturated heterocycles. The fourth-order valence-corrected chi connectivity index (χ4v) is 5.51. The van der Waals surface area contributed by atoms with Gasteiger partial charge in [0, 0.05) is 67.5 Å². The lowest BCUT2D eigenvalue weighted by molar-refractivity contribution is -0.138. The minimum absolute atomic E-state index is 0.0369. The van der Waals surface area contributed by atoms with Gasteiger partial charge in [0.15, 0.2) is 0 Å². The number of nitrogens with one attached hydrogen (secondary N) is 3. The number of alkyl halides is 3. The summed E-state index contributed by atoms with van der Waals surface area (Å²) in [7, 11) is 3.20. The normalized spacial score (nSPS) is 17.2. The predicted octanol–water partition coefficient (Wildman–Crippen LogP) is 4.12. The van der Waals surface area contributed by atoms with Crippen LogP contribution in [-0.4, -0.2) is 81.8 Å². The van der Waals surface area contributed by atoms with Gasteiger partial charge >= 0.3 is 6.18 Å². The first-order valence-electron chi connectivity index (χ1n) is 13.7. The molecule has 0 aromatic heterocycles. The van der Waals surface area contributed by atoms with Crippen LogP contribution in [0.25, 0.3) is 0 Å². The van der Waals surface area contributed by atoms with Crippen molar-refractivity contribution in [1.82, 2.24) is 20.9 Å². The number of carbonyl (C=O) groups excluding carboxylic acids is 2. The summed E-state index contributed by atoms with van der Waals surface area (Å²) in [5, 5.41) is 9.67. The molecule has 2 aromatic carbocycles. The Labute approximate surface area is 254 Å². The maximum Gasteiger partial charge on any atom is 0.416 e. The molecule has 0 radical (unpaired) electrons. The highest BCUT2D eigenvalue weighted by Crippen LogP contribution is 2.34. The van der Waals surface area contributed by atoms with Crippen molar-refractivity contribution in [3.63, 3.8) is 0 Å². The summed E-state index contributed by atoms with van der Waals surface area (Å²) in [6.45, 7) is 5.58. The predicted molar refractivity (Wildman–Crippen MR) is 159 cm³/mol. The molecule has 3 atom stereocenters. The minimum Gasteiger partial charge on any atom is -0.383 e. The third-order valence-electron chi connectivity index (χ3n) is 7.13. The molecule has 232 valence electrons. The van der Waals surface area contributed by atoms with Crippen LogP contribution in [0.3, 0.4) is 0 Å². The number of hydrogen-bond acceptors (Lipinski definition) is 6. The van der Waals surface area contributed by atoms with Gasteiger partial charge in [-0.05, 0) is 62.4 Å². The van der Waals surface area contributed by atoms with E-state index in [1.807, 2.05) is 18.7 Å². The lowest BCUT2D eigenvalue weighted by Crippen LogP contribution is -2.59. The van der Waals surface area contributed by atoms with Crippen LogP contribution in [0.4, 0.5) is 18.9 Å². The van der Waals surface area contributed by atoms with E-state index in [0.717, 1.165) is 6.07 Å². The molecule has 8 nitrogen and oxygen atoms in total. The van der Waals surface area contributed by atoms with Gasteiger partial charge in [0.2, 0.25) is 11.8 Å². The van der Waals surface area contributed by atoms with Crippen molar-refractivity contribution in [3.8, 4) is 0 Å². The van der Waals surface area contributed by atoms with Crippen LogP contribution in [0.2, 0.25) is 10.0 Å². The SMILES string of the molecule is CNCC(=O)NC(Cc1ccc(Cl)cc1Cl)C(=O)N1CCN(c2ccc(C(F)(F)F)cc2CNC(C)COC)CC1C. The van der Waals surface area contributed by atoms with Crippen LogP contribution in [0, 0.1) is 0 Å². The number of nitrogens with zero attached hydrogens (tertiary/aromatic N) is 2. The van der Waals surface area contributed by atoms with Crippen molar-refractivity contribution in [3.05, 3.63) is 63.1 Å².